The Morgan fingerprint density at radius 2 is 1.92 bits per heavy atom. The lowest BCUT2D eigenvalue weighted by Gasteiger charge is -2.53. The molecule has 0 spiro atoms. The second-order valence-corrected chi connectivity index (χ2v) is 8.42. The summed E-state index contributed by atoms with van der Waals surface area (Å²) in [5.74, 6) is 0.186. The number of methoxy groups -OCH3 is 1. The summed E-state index contributed by atoms with van der Waals surface area (Å²) in [5.41, 5.74) is 1.27. The van der Waals surface area contributed by atoms with E-state index in [-0.39, 0.29) is 12.0 Å². The molecule has 2 aromatic rings. The van der Waals surface area contributed by atoms with Gasteiger partial charge in [0, 0.05) is 50.1 Å². The van der Waals surface area contributed by atoms with Crippen LogP contribution in [0.5, 0.6) is 0 Å². The number of amides is 1. The van der Waals surface area contributed by atoms with Gasteiger partial charge in [0.2, 0.25) is 0 Å². The fourth-order valence-electron chi connectivity index (χ4n) is 4.15. The molecule has 5 nitrogen and oxygen atoms in total. The van der Waals surface area contributed by atoms with Gasteiger partial charge in [0.15, 0.2) is 0 Å². The van der Waals surface area contributed by atoms with Gasteiger partial charge >= 0.3 is 0 Å². The van der Waals surface area contributed by atoms with Crippen LogP contribution in [0.3, 0.4) is 0 Å². The van der Waals surface area contributed by atoms with Gasteiger partial charge in [-0.15, -0.1) is 11.3 Å². The van der Waals surface area contributed by atoms with Gasteiger partial charge in [-0.2, -0.15) is 0 Å². The summed E-state index contributed by atoms with van der Waals surface area (Å²) in [6.45, 7) is 4.67. The average Bonchev–Trinajstić information content (AvgIpc) is 3.08. The zero-order valence-corrected chi connectivity index (χ0v) is 16.1. The zero-order chi connectivity index (χ0) is 18.1. The Balaban J connectivity index is 1.39. The van der Waals surface area contributed by atoms with Crippen molar-refractivity contribution in [3.8, 4) is 0 Å². The van der Waals surface area contributed by atoms with Crippen molar-refractivity contribution in [2.24, 2.45) is 0 Å². The molecule has 2 fully saturated rings. The summed E-state index contributed by atoms with van der Waals surface area (Å²) in [6.07, 6.45) is 5.99. The molecule has 0 bridgehead atoms. The molecule has 1 amide bonds. The van der Waals surface area contributed by atoms with Gasteiger partial charge in [0.05, 0.1) is 17.0 Å². The third-order valence-electron chi connectivity index (χ3n) is 5.62. The number of carbonyl (C=O) groups is 1. The Kier molecular flexibility index (Phi) is 5.07. The van der Waals surface area contributed by atoms with Crippen LogP contribution in [0.1, 0.15) is 39.0 Å². The molecular formula is C20H25N3O2S. The lowest BCUT2D eigenvalue weighted by Crippen LogP contribution is -2.60. The number of nitrogens with zero attached hydrogens (tertiary/aromatic N) is 3. The van der Waals surface area contributed by atoms with Gasteiger partial charge in [-0.25, -0.2) is 0 Å². The van der Waals surface area contributed by atoms with E-state index in [0.717, 1.165) is 37.4 Å². The van der Waals surface area contributed by atoms with Crippen LogP contribution in [0.25, 0.3) is 0 Å². The molecule has 2 aliphatic rings. The summed E-state index contributed by atoms with van der Waals surface area (Å²) >= 11 is 1.59. The fourth-order valence-corrected chi connectivity index (χ4v) is 4.98. The first kappa shape index (κ1) is 17.6. The Bertz CT molecular complexity index is 755. The summed E-state index contributed by atoms with van der Waals surface area (Å²) in [5, 5.41) is 0. The number of carbonyl (C=O) groups excluding carboxylic acids is 1. The molecule has 6 heteroatoms. The Morgan fingerprint density at radius 3 is 2.54 bits per heavy atom. The Hall–Kier alpha value is -1.76. The van der Waals surface area contributed by atoms with E-state index in [1.807, 2.05) is 36.4 Å². The topological polar surface area (TPSA) is 45.7 Å². The lowest BCUT2D eigenvalue weighted by molar-refractivity contribution is -0.115. The zero-order valence-electron chi connectivity index (χ0n) is 15.3. The molecule has 138 valence electrons. The number of aryl methyl sites for hydroxylation is 1. The second kappa shape index (κ2) is 7.47. The van der Waals surface area contributed by atoms with E-state index in [4.69, 9.17) is 4.74 Å². The quantitative estimate of drug-likeness (QED) is 0.828. The summed E-state index contributed by atoms with van der Waals surface area (Å²) < 4.78 is 5.67. The largest absolute Gasteiger partial charge is 0.378 e. The van der Waals surface area contributed by atoms with Gasteiger partial charge in [-0.1, -0.05) is 0 Å². The molecule has 4 heterocycles. The lowest BCUT2D eigenvalue weighted by atomic mass is 9.87. The van der Waals surface area contributed by atoms with Crippen LogP contribution in [0.4, 0.5) is 0 Å². The van der Waals surface area contributed by atoms with Crippen molar-refractivity contribution in [3.05, 3.63) is 52.0 Å². The van der Waals surface area contributed by atoms with Gasteiger partial charge in [-0.05, 0) is 49.6 Å². The molecule has 26 heavy (non-hydrogen) atoms. The van der Waals surface area contributed by atoms with Crippen molar-refractivity contribution in [1.82, 2.24) is 14.8 Å². The highest BCUT2D eigenvalue weighted by molar-refractivity contribution is 7.13. The van der Waals surface area contributed by atoms with E-state index in [9.17, 15) is 4.79 Å². The second-order valence-electron chi connectivity index (χ2n) is 7.13. The first-order valence-corrected chi connectivity index (χ1v) is 10.0. The number of rotatable bonds is 4. The van der Waals surface area contributed by atoms with E-state index in [2.05, 4.69) is 22.0 Å². The molecule has 0 radical (unpaired) electrons. The van der Waals surface area contributed by atoms with Crippen LogP contribution in [0.2, 0.25) is 0 Å². The Morgan fingerprint density at radius 1 is 1.19 bits per heavy atom. The summed E-state index contributed by atoms with van der Waals surface area (Å²) in [7, 11) is 1.79. The van der Waals surface area contributed by atoms with E-state index >= 15 is 0 Å². The molecule has 2 saturated heterocycles. The minimum atomic E-state index is 0.186. The number of likely N-dealkylation sites (tertiary alicyclic amines) is 2. The third-order valence-corrected chi connectivity index (χ3v) is 6.61. The van der Waals surface area contributed by atoms with Crippen LogP contribution in [0, 0.1) is 6.92 Å². The van der Waals surface area contributed by atoms with Crippen LogP contribution in [0.15, 0.2) is 36.7 Å². The normalized spacial score (nSPS) is 24.5. The highest BCUT2D eigenvalue weighted by atomic mass is 32.1. The molecule has 0 N–H and O–H groups in total. The minimum absolute atomic E-state index is 0.186. The standard InChI is InChI=1S/C20H25N3O2S/c1-14-3-4-18(26-14)20(24)22-11-7-16(8-12-22)23-13-17(25-2)19(23)15-5-9-21-10-6-15/h3-6,9-10,16-17,19H,7-8,11-13H2,1-2H3. The molecule has 2 aromatic heterocycles. The monoisotopic (exact) mass is 371 g/mol. The SMILES string of the molecule is COC1CN(C2CCN(C(=O)c3ccc(C)s3)CC2)C1c1ccncc1. The fraction of sp³-hybridized carbons (Fsp3) is 0.500. The highest BCUT2D eigenvalue weighted by Gasteiger charge is 2.44. The van der Waals surface area contributed by atoms with Crippen molar-refractivity contribution in [2.75, 3.05) is 26.7 Å². The number of thiophene rings is 1. The number of hydrogen-bond acceptors (Lipinski definition) is 5. The van der Waals surface area contributed by atoms with Gasteiger partial charge in [0.1, 0.15) is 0 Å². The number of aromatic nitrogens is 1. The number of ether oxygens (including phenoxy) is 1. The summed E-state index contributed by atoms with van der Waals surface area (Å²) in [6, 6.07) is 8.95. The average molecular weight is 372 g/mol. The van der Waals surface area contributed by atoms with Crippen molar-refractivity contribution < 1.29 is 9.53 Å². The van der Waals surface area contributed by atoms with Crippen LogP contribution >= 0.6 is 11.3 Å². The molecule has 0 aromatic carbocycles. The van der Waals surface area contributed by atoms with Gasteiger partial charge in [0.25, 0.3) is 5.91 Å². The van der Waals surface area contributed by atoms with E-state index in [1.54, 1.807) is 18.4 Å². The third kappa shape index (κ3) is 3.29. The maximum atomic E-state index is 12.7. The van der Waals surface area contributed by atoms with Crippen LogP contribution < -0.4 is 0 Å². The van der Waals surface area contributed by atoms with Crippen LogP contribution in [-0.4, -0.2) is 59.6 Å². The van der Waals surface area contributed by atoms with E-state index in [0.29, 0.717) is 12.1 Å². The molecule has 0 saturated carbocycles. The van der Waals surface area contributed by atoms with E-state index < -0.39 is 0 Å². The maximum absolute atomic E-state index is 12.7. The molecular weight excluding hydrogens is 346 g/mol. The van der Waals surface area contributed by atoms with Crippen LogP contribution in [-0.2, 0) is 4.74 Å². The van der Waals surface area contributed by atoms with Crippen molar-refractivity contribution in [3.63, 3.8) is 0 Å². The van der Waals surface area contributed by atoms with Crippen molar-refractivity contribution >= 4 is 17.2 Å². The summed E-state index contributed by atoms with van der Waals surface area (Å²) in [4.78, 5) is 23.4. The first-order chi connectivity index (χ1) is 12.7. The molecule has 0 aliphatic carbocycles. The number of piperidine rings is 1. The number of hydrogen-bond donors (Lipinski definition) is 0. The number of pyridine rings is 1. The first-order valence-electron chi connectivity index (χ1n) is 9.21. The maximum Gasteiger partial charge on any atom is 0.263 e. The van der Waals surface area contributed by atoms with E-state index in [1.165, 1.54) is 10.4 Å². The predicted molar refractivity (Wildman–Crippen MR) is 102 cm³/mol. The molecule has 2 unspecified atom stereocenters. The molecule has 2 aliphatic heterocycles. The van der Waals surface area contributed by atoms with Crippen molar-refractivity contribution in [2.45, 2.75) is 38.0 Å². The van der Waals surface area contributed by atoms with Crippen molar-refractivity contribution in [1.29, 1.82) is 0 Å². The van der Waals surface area contributed by atoms with Gasteiger partial charge in [-0.3, -0.25) is 14.7 Å². The highest BCUT2D eigenvalue weighted by Crippen LogP contribution is 2.39. The minimum Gasteiger partial charge on any atom is -0.378 e. The predicted octanol–water partition coefficient (Wildman–Crippen LogP) is 3.13. The molecule has 2 atom stereocenters. The smallest absolute Gasteiger partial charge is 0.263 e. The Labute approximate surface area is 158 Å². The molecule has 4 rings (SSSR count). The van der Waals surface area contributed by atoms with Gasteiger partial charge < -0.3 is 9.64 Å².